The molecule has 23 heavy (non-hydrogen) atoms. The monoisotopic (exact) mass is 345 g/mol. The van der Waals surface area contributed by atoms with Gasteiger partial charge in [0.05, 0.1) is 10.5 Å². The highest BCUT2D eigenvalue weighted by molar-refractivity contribution is 7.16. The Kier molecular flexibility index (Phi) is 4.42. The second-order valence-electron chi connectivity index (χ2n) is 5.22. The summed E-state index contributed by atoms with van der Waals surface area (Å²) in [5, 5.41) is 21.3. The Bertz CT molecular complexity index is 852. The normalized spacial score (nSPS) is 13.7. The first kappa shape index (κ1) is 15.7. The molecular formula is C16H12ClN3O2S. The van der Waals surface area contributed by atoms with Gasteiger partial charge in [0.1, 0.15) is 11.1 Å². The van der Waals surface area contributed by atoms with E-state index in [-0.39, 0.29) is 5.69 Å². The van der Waals surface area contributed by atoms with Gasteiger partial charge < -0.3 is 0 Å². The van der Waals surface area contributed by atoms with Gasteiger partial charge in [0.25, 0.3) is 5.69 Å². The summed E-state index contributed by atoms with van der Waals surface area (Å²) in [5.74, 6) is 0. The minimum Gasteiger partial charge on any atom is -0.258 e. The zero-order valence-corrected chi connectivity index (χ0v) is 13.7. The van der Waals surface area contributed by atoms with Gasteiger partial charge in [-0.1, -0.05) is 11.6 Å². The minimum absolute atomic E-state index is 0.0400. The minimum atomic E-state index is -0.474. The van der Waals surface area contributed by atoms with Gasteiger partial charge in [0.2, 0.25) is 0 Å². The first-order chi connectivity index (χ1) is 11.1. The second kappa shape index (κ2) is 6.49. The van der Waals surface area contributed by atoms with Gasteiger partial charge in [0.15, 0.2) is 0 Å². The zero-order chi connectivity index (χ0) is 16.4. The predicted octanol–water partition coefficient (Wildman–Crippen LogP) is 4.81. The van der Waals surface area contributed by atoms with E-state index in [1.54, 1.807) is 0 Å². The Labute approximate surface area is 142 Å². The van der Waals surface area contributed by atoms with Gasteiger partial charge in [-0.05, 0) is 37.3 Å². The van der Waals surface area contributed by atoms with E-state index < -0.39 is 4.92 Å². The van der Waals surface area contributed by atoms with Gasteiger partial charge in [-0.2, -0.15) is 5.26 Å². The maximum absolute atomic E-state index is 10.8. The van der Waals surface area contributed by atoms with Crippen LogP contribution in [0.2, 0.25) is 5.02 Å². The number of rotatable bonds is 3. The van der Waals surface area contributed by atoms with Gasteiger partial charge in [-0.3, -0.25) is 10.1 Å². The van der Waals surface area contributed by atoms with Crippen molar-refractivity contribution < 1.29 is 4.92 Å². The summed E-state index contributed by atoms with van der Waals surface area (Å²) >= 11 is 7.59. The van der Waals surface area contributed by atoms with Crippen LogP contribution in [-0.4, -0.2) is 11.1 Å². The fraction of sp³-hybridized carbons (Fsp3) is 0.250. The summed E-state index contributed by atoms with van der Waals surface area (Å²) in [4.78, 5) is 16.0. The molecule has 7 heteroatoms. The fourth-order valence-corrected chi connectivity index (χ4v) is 3.98. The zero-order valence-electron chi connectivity index (χ0n) is 12.1. The van der Waals surface area contributed by atoms with Crippen LogP contribution in [0, 0.1) is 21.4 Å². The van der Waals surface area contributed by atoms with E-state index in [0.29, 0.717) is 21.2 Å². The van der Waals surface area contributed by atoms with Crippen molar-refractivity contribution in [3.8, 4) is 6.07 Å². The smallest absolute Gasteiger partial charge is 0.258 e. The Morgan fingerprint density at radius 1 is 1.39 bits per heavy atom. The molecule has 0 saturated carbocycles. The molecule has 2 aromatic rings. The highest BCUT2D eigenvalue weighted by Crippen LogP contribution is 2.39. The molecule has 116 valence electrons. The van der Waals surface area contributed by atoms with Crippen LogP contribution in [0.3, 0.4) is 0 Å². The summed E-state index contributed by atoms with van der Waals surface area (Å²) in [7, 11) is 0. The van der Waals surface area contributed by atoms with Crippen LogP contribution in [0.1, 0.15) is 34.4 Å². The summed E-state index contributed by atoms with van der Waals surface area (Å²) in [6.07, 6.45) is 5.63. The Morgan fingerprint density at radius 3 is 2.91 bits per heavy atom. The van der Waals surface area contributed by atoms with E-state index in [1.165, 1.54) is 40.6 Å². The number of non-ortho nitro benzene ring substituents is 1. The summed E-state index contributed by atoms with van der Waals surface area (Å²) in [6.45, 7) is 0. The number of nitriles is 1. The average Bonchev–Trinajstić information content (AvgIpc) is 2.91. The number of halogens is 1. The topological polar surface area (TPSA) is 79.3 Å². The molecule has 1 aliphatic carbocycles. The fourth-order valence-electron chi connectivity index (χ4n) is 2.63. The van der Waals surface area contributed by atoms with E-state index in [0.717, 1.165) is 31.2 Å². The highest BCUT2D eigenvalue weighted by atomic mass is 35.5. The predicted molar refractivity (Wildman–Crippen MR) is 91.0 cm³/mol. The summed E-state index contributed by atoms with van der Waals surface area (Å²) < 4.78 is 0. The van der Waals surface area contributed by atoms with Crippen LogP contribution in [0.5, 0.6) is 0 Å². The molecule has 0 bridgehead atoms. The number of aliphatic imine (C=N–C) groups is 1. The lowest BCUT2D eigenvalue weighted by molar-refractivity contribution is -0.384. The molecule has 0 atom stereocenters. The van der Waals surface area contributed by atoms with Crippen LogP contribution >= 0.6 is 22.9 Å². The molecule has 0 radical (unpaired) electrons. The standard InChI is InChI=1S/C16H12ClN3O2S/c17-14-6-5-11(20(21)22)7-10(14)9-19-16-13(8-18)12-3-1-2-4-15(12)23-16/h5-7,9H,1-4H2/b19-9+. The first-order valence-electron chi connectivity index (χ1n) is 7.13. The molecule has 1 aromatic heterocycles. The Balaban J connectivity index is 1.98. The quantitative estimate of drug-likeness (QED) is 0.454. The van der Waals surface area contributed by atoms with E-state index in [4.69, 9.17) is 11.6 Å². The van der Waals surface area contributed by atoms with Crippen molar-refractivity contribution in [3.63, 3.8) is 0 Å². The van der Waals surface area contributed by atoms with Gasteiger partial charge in [-0.25, -0.2) is 4.99 Å². The number of aryl methyl sites for hydroxylation is 1. The van der Waals surface area contributed by atoms with Crippen LogP contribution < -0.4 is 0 Å². The van der Waals surface area contributed by atoms with Crippen molar-refractivity contribution >= 4 is 39.8 Å². The van der Waals surface area contributed by atoms with Crippen molar-refractivity contribution in [1.29, 1.82) is 5.26 Å². The van der Waals surface area contributed by atoms with Gasteiger partial charge >= 0.3 is 0 Å². The highest BCUT2D eigenvalue weighted by Gasteiger charge is 2.20. The van der Waals surface area contributed by atoms with E-state index in [1.807, 2.05) is 0 Å². The van der Waals surface area contributed by atoms with E-state index >= 15 is 0 Å². The van der Waals surface area contributed by atoms with Crippen LogP contribution in [0.4, 0.5) is 10.7 Å². The second-order valence-corrected chi connectivity index (χ2v) is 6.71. The van der Waals surface area contributed by atoms with Crippen LogP contribution in [-0.2, 0) is 12.8 Å². The van der Waals surface area contributed by atoms with Crippen molar-refractivity contribution in [1.82, 2.24) is 0 Å². The molecule has 5 nitrogen and oxygen atoms in total. The Hall–Kier alpha value is -2.23. The average molecular weight is 346 g/mol. The number of nitro benzene ring substituents is 1. The van der Waals surface area contributed by atoms with Crippen molar-refractivity contribution in [2.45, 2.75) is 25.7 Å². The number of thiophene rings is 1. The lowest BCUT2D eigenvalue weighted by Gasteiger charge is -2.09. The Morgan fingerprint density at radius 2 is 2.17 bits per heavy atom. The number of nitrogens with zero attached hydrogens (tertiary/aromatic N) is 3. The van der Waals surface area contributed by atoms with Crippen molar-refractivity contribution in [2.75, 3.05) is 0 Å². The van der Waals surface area contributed by atoms with Crippen molar-refractivity contribution in [2.24, 2.45) is 4.99 Å². The van der Waals surface area contributed by atoms with Crippen LogP contribution in [0.15, 0.2) is 23.2 Å². The van der Waals surface area contributed by atoms with Crippen LogP contribution in [0.25, 0.3) is 0 Å². The maximum atomic E-state index is 10.8. The number of hydrogen-bond acceptors (Lipinski definition) is 5. The molecule has 0 fully saturated rings. The molecular weight excluding hydrogens is 334 g/mol. The molecule has 0 amide bonds. The van der Waals surface area contributed by atoms with Gasteiger partial charge in [0, 0.05) is 33.8 Å². The molecule has 0 saturated heterocycles. The SMILES string of the molecule is N#Cc1c(/N=C/c2cc([N+](=O)[O-])ccc2Cl)sc2c1CCCC2. The molecule has 1 aromatic carbocycles. The number of hydrogen-bond donors (Lipinski definition) is 0. The lowest BCUT2D eigenvalue weighted by Crippen LogP contribution is -1.99. The first-order valence-corrected chi connectivity index (χ1v) is 8.32. The molecule has 1 aliphatic rings. The maximum Gasteiger partial charge on any atom is 0.270 e. The third-order valence-electron chi connectivity index (χ3n) is 3.78. The molecule has 0 N–H and O–H groups in total. The molecule has 0 unspecified atom stereocenters. The summed E-state index contributed by atoms with van der Waals surface area (Å²) in [6, 6.07) is 6.45. The molecule has 3 rings (SSSR count). The third-order valence-corrected chi connectivity index (χ3v) is 5.32. The van der Waals surface area contributed by atoms with Gasteiger partial charge in [-0.15, -0.1) is 11.3 Å². The summed E-state index contributed by atoms with van der Waals surface area (Å²) in [5.41, 5.74) is 2.17. The van der Waals surface area contributed by atoms with Crippen molar-refractivity contribution in [3.05, 3.63) is 54.9 Å². The number of benzene rings is 1. The van der Waals surface area contributed by atoms with E-state index in [9.17, 15) is 15.4 Å². The third kappa shape index (κ3) is 3.11. The number of nitro groups is 1. The largest absolute Gasteiger partial charge is 0.270 e. The number of fused-ring (bicyclic) bond motifs is 1. The van der Waals surface area contributed by atoms with E-state index in [2.05, 4.69) is 11.1 Å². The molecule has 1 heterocycles. The lowest BCUT2D eigenvalue weighted by atomic mass is 9.96. The molecule has 0 spiro atoms. The molecule has 0 aliphatic heterocycles.